The van der Waals surface area contributed by atoms with Crippen LogP contribution in [0.2, 0.25) is 0 Å². The van der Waals surface area contributed by atoms with Crippen LogP contribution in [0.1, 0.15) is 30.3 Å². The molecule has 1 saturated heterocycles. The maximum absolute atomic E-state index is 4.76. The van der Waals surface area contributed by atoms with Crippen LogP contribution in [0.5, 0.6) is 0 Å². The summed E-state index contributed by atoms with van der Waals surface area (Å²) >= 11 is 1.67. The molecule has 118 valence electrons. The van der Waals surface area contributed by atoms with Gasteiger partial charge in [-0.3, -0.25) is 0 Å². The highest BCUT2D eigenvalue weighted by molar-refractivity contribution is 7.13. The zero-order valence-electron chi connectivity index (χ0n) is 12.8. The number of tetrazole rings is 1. The van der Waals surface area contributed by atoms with Crippen molar-refractivity contribution in [1.82, 2.24) is 30.6 Å². The predicted molar refractivity (Wildman–Crippen MR) is 88.4 cm³/mol. The third kappa shape index (κ3) is 2.94. The summed E-state index contributed by atoms with van der Waals surface area (Å²) in [6.45, 7) is 3.91. The summed E-state index contributed by atoms with van der Waals surface area (Å²) in [6, 6.07) is 6.15. The molecule has 0 unspecified atom stereocenters. The van der Waals surface area contributed by atoms with E-state index in [1.54, 1.807) is 11.3 Å². The Balaban J connectivity index is 1.53. The fraction of sp³-hybridized carbons (Fsp3) is 0.400. The van der Waals surface area contributed by atoms with Gasteiger partial charge in [-0.15, -0.1) is 21.5 Å². The van der Waals surface area contributed by atoms with E-state index >= 15 is 0 Å². The number of piperidine rings is 1. The average molecular weight is 327 g/mol. The number of aryl methyl sites for hydroxylation is 1. The Labute approximate surface area is 137 Å². The molecule has 0 bridgehead atoms. The summed E-state index contributed by atoms with van der Waals surface area (Å²) in [5, 5.41) is 16.5. The fourth-order valence-electron chi connectivity index (χ4n) is 2.94. The van der Waals surface area contributed by atoms with Gasteiger partial charge < -0.3 is 4.90 Å². The number of nitrogens with zero attached hydrogens (tertiary/aromatic N) is 6. The Hall–Kier alpha value is -2.35. The molecular weight excluding hydrogens is 310 g/mol. The van der Waals surface area contributed by atoms with Crippen molar-refractivity contribution in [2.75, 3.05) is 18.0 Å². The lowest BCUT2D eigenvalue weighted by Gasteiger charge is -2.31. The molecule has 0 saturated carbocycles. The molecule has 1 aliphatic heterocycles. The minimum absolute atomic E-state index is 0.379. The number of rotatable bonds is 3. The van der Waals surface area contributed by atoms with E-state index in [1.807, 2.05) is 13.0 Å². The smallest absolute Gasteiger partial charge is 0.177 e. The number of thiophene rings is 1. The van der Waals surface area contributed by atoms with Gasteiger partial charge in [0.05, 0.1) is 4.88 Å². The van der Waals surface area contributed by atoms with E-state index < -0.39 is 0 Å². The first kappa shape index (κ1) is 14.3. The lowest BCUT2D eigenvalue weighted by Crippen LogP contribution is -2.34. The fourth-order valence-corrected chi connectivity index (χ4v) is 3.60. The van der Waals surface area contributed by atoms with E-state index in [-0.39, 0.29) is 0 Å². The maximum atomic E-state index is 4.76. The van der Waals surface area contributed by atoms with Crippen LogP contribution in [0.25, 0.3) is 10.7 Å². The van der Waals surface area contributed by atoms with Gasteiger partial charge in [0.25, 0.3) is 0 Å². The van der Waals surface area contributed by atoms with Crippen molar-refractivity contribution >= 4 is 17.2 Å². The van der Waals surface area contributed by atoms with E-state index in [9.17, 15) is 0 Å². The molecule has 0 spiro atoms. The molecule has 0 aromatic carbocycles. The van der Waals surface area contributed by atoms with Crippen LogP contribution in [0, 0.1) is 6.92 Å². The van der Waals surface area contributed by atoms with Crippen LogP contribution in [0.4, 0.5) is 5.82 Å². The molecule has 1 fully saturated rings. The molecule has 1 aliphatic rings. The molecule has 3 aromatic rings. The molecule has 4 rings (SSSR count). The number of aromatic amines is 1. The van der Waals surface area contributed by atoms with Crippen LogP contribution in [0.15, 0.2) is 23.6 Å². The highest BCUT2D eigenvalue weighted by Crippen LogP contribution is 2.29. The Morgan fingerprint density at radius 3 is 2.83 bits per heavy atom. The third-order valence-electron chi connectivity index (χ3n) is 4.13. The lowest BCUT2D eigenvalue weighted by atomic mass is 9.96. The molecule has 3 aromatic heterocycles. The van der Waals surface area contributed by atoms with E-state index in [0.29, 0.717) is 5.92 Å². The first-order chi connectivity index (χ1) is 11.3. The summed E-state index contributed by atoms with van der Waals surface area (Å²) in [6.07, 6.45) is 2.02. The molecule has 7 nitrogen and oxygen atoms in total. The van der Waals surface area contributed by atoms with Crippen molar-refractivity contribution in [3.05, 3.63) is 35.1 Å². The largest absolute Gasteiger partial charge is 0.356 e. The first-order valence-corrected chi connectivity index (χ1v) is 8.55. The average Bonchev–Trinajstić information content (AvgIpc) is 3.28. The number of anilines is 1. The highest BCUT2D eigenvalue weighted by atomic mass is 32.1. The van der Waals surface area contributed by atoms with Crippen LogP contribution >= 0.6 is 11.3 Å². The minimum atomic E-state index is 0.379. The first-order valence-electron chi connectivity index (χ1n) is 7.67. The maximum Gasteiger partial charge on any atom is 0.177 e. The van der Waals surface area contributed by atoms with Gasteiger partial charge in [-0.2, -0.15) is 5.21 Å². The Kier molecular flexibility index (Phi) is 3.74. The van der Waals surface area contributed by atoms with Gasteiger partial charge in [-0.1, -0.05) is 11.3 Å². The third-order valence-corrected chi connectivity index (χ3v) is 4.99. The SMILES string of the molecule is Cc1cc(N2CCC(c3nn[nH]n3)CC2)nc(-c2cccs2)n1. The second-order valence-corrected chi connectivity index (χ2v) is 6.65. The Bertz CT molecular complexity index is 761. The molecule has 23 heavy (non-hydrogen) atoms. The van der Waals surface area contributed by atoms with Crippen molar-refractivity contribution < 1.29 is 0 Å². The van der Waals surface area contributed by atoms with E-state index in [2.05, 4.69) is 48.0 Å². The van der Waals surface area contributed by atoms with Crippen LogP contribution in [0.3, 0.4) is 0 Å². The number of aromatic nitrogens is 6. The summed E-state index contributed by atoms with van der Waals surface area (Å²) < 4.78 is 0. The number of nitrogens with one attached hydrogen (secondary N) is 1. The van der Waals surface area contributed by atoms with Gasteiger partial charge in [-0.05, 0) is 31.2 Å². The van der Waals surface area contributed by atoms with Crippen LogP contribution in [-0.2, 0) is 0 Å². The number of hydrogen-bond acceptors (Lipinski definition) is 7. The second kappa shape index (κ2) is 6.04. The molecule has 0 amide bonds. The van der Waals surface area contributed by atoms with E-state index in [0.717, 1.165) is 54.0 Å². The van der Waals surface area contributed by atoms with Crippen molar-refractivity contribution in [3.63, 3.8) is 0 Å². The van der Waals surface area contributed by atoms with Gasteiger partial charge in [0.1, 0.15) is 5.82 Å². The molecule has 8 heteroatoms. The van der Waals surface area contributed by atoms with Gasteiger partial charge >= 0.3 is 0 Å². The van der Waals surface area contributed by atoms with Crippen molar-refractivity contribution in [3.8, 4) is 10.7 Å². The zero-order valence-corrected chi connectivity index (χ0v) is 13.6. The monoisotopic (exact) mass is 327 g/mol. The van der Waals surface area contributed by atoms with E-state index in [1.165, 1.54) is 0 Å². The van der Waals surface area contributed by atoms with Gasteiger partial charge in [-0.25, -0.2) is 9.97 Å². The minimum Gasteiger partial charge on any atom is -0.356 e. The van der Waals surface area contributed by atoms with Gasteiger partial charge in [0.15, 0.2) is 11.6 Å². The summed E-state index contributed by atoms with van der Waals surface area (Å²) in [5.74, 6) is 3.02. The van der Waals surface area contributed by atoms with Crippen LogP contribution in [-0.4, -0.2) is 43.7 Å². The molecule has 0 aliphatic carbocycles. The molecule has 1 N–H and O–H groups in total. The second-order valence-electron chi connectivity index (χ2n) is 5.70. The number of H-pyrrole nitrogens is 1. The predicted octanol–water partition coefficient (Wildman–Crippen LogP) is 2.41. The van der Waals surface area contributed by atoms with Crippen molar-refractivity contribution in [2.45, 2.75) is 25.7 Å². The zero-order chi connectivity index (χ0) is 15.6. The Morgan fingerprint density at radius 1 is 1.26 bits per heavy atom. The van der Waals surface area contributed by atoms with Gasteiger partial charge in [0, 0.05) is 30.8 Å². The summed E-state index contributed by atoms with van der Waals surface area (Å²) in [4.78, 5) is 12.8. The number of hydrogen-bond donors (Lipinski definition) is 1. The van der Waals surface area contributed by atoms with Crippen LogP contribution < -0.4 is 4.90 Å². The molecule has 4 heterocycles. The summed E-state index contributed by atoms with van der Waals surface area (Å²) in [7, 11) is 0. The van der Waals surface area contributed by atoms with Gasteiger partial charge in [0.2, 0.25) is 0 Å². The topological polar surface area (TPSA) is 83.5 Å². The lowest BCUT2D eigenvalue weighted by molar-refractivity contribution is 0.483. The van der Waals surface area contributed by atoms with Crippen molar-refractivity contribution in [1.29, 1.82) is 0 Å². The molecule has 0 atom stereocenters. The molecule has 0 radical (unpaired) electrons. The standard InChI is InChI=1S/C15H17N7S/c1-10-9-13(17-15(16-10)12-3-2-8-23-12)22-6-4-11(5-7-22)14-18-20-21-19-14/h2-3,8-9,11H,4-7H2,1H3,(H,18,19,20,21). The summed E-state index contributed by atoms with van der Waals surface area (Å²) in [5.41, 5.74) is 0.999. The Morgan fingerprint density at radius 2 is 2.13 bits per heavy atom. The normalized spacial score (nSPS) is 16.0. The quantitative estimate of drug-likeness (QED) is 0.795. The van der Waals surface area contributed by atoms with E-state index in [4.69, 9.17) is 4.98 Å². The highest BCUT2D eigenvalue weighted by Gasteiger charge is 2.24. The van der Waals surface area contributed by atoms with Crippen molar-refractivity contribution in [2.24, 2.45) is 0 Å². The molecular formula is C15H17N7S.